The summed E-state index contributed by atoms with van der Waals surface area (Å²) in [5, 5.41) is 11.0. The molecule has 0 atom stereocenters. The van der Waals surface area contributed by atoms with Crippen molar-refractivity contribution >= 4 is 45.4 Å². The van der Waals surface area contributed by atoms with Crippen LogP contribution >= 0.6 is 0 Å². The number of nitrogens with zero attached hydrogens (tertiary/aromatic N) is 1. The van der Waals surface area contributed by atoms with E-state index < -0.39 is 23.4 Å². The van der Waals surface area contributed by atoms with Crippen molar-refractivity contribution in [3.63, 3.8) is 0 Å². The number of hydrogen-bond acceptors (Lipinski definition) is 5. The number of benzene rings is 2. The van der Waals surface area contributed by atoms with Gasteiger partial charge in [0.15, 0.2) is 0 Å². The maximum atomic E-state index is 12.3. The van der Waals surface area contributed by atoms with Gasteiger partial charge in [-0.15, -0.1) is 0 Å². The van der Waals surface area contributed by atoms with E-state index in [1.165, 1.54) is 0 Å². The molecule has 0 unspecified atom stereocenters. The molecule has 3 aromatic rings. The monoisotopic (exact) mass is 482 g/mol. The minimum Gasteiger partial charge on any atom is -0.444 e. The number of nitrogens with one attached hydrogen (secondary N) is 3. The van der Waals surface area contributed by atoms with Crippen LogP contribution in [0.25, 0.3) is 21.8 Å². The molecule has 0 radical (unpaired) electrons. The molecule has 8 heteroatoms. The van der Waals surface area contributed by atoms with Gasteiger partial charge < -0.3 is 19.4 Å². The topological polar surface area (TPSA) is 93.6 Å². The molecule has 3 rings (SSSR count). The van der Waals surface area contributed by atoms with Crippen molar-refractivity contribution in [2.45, 2.75) is 79.2 Å². The molecule has 0 aliphatic carbocycles. The molecule has 1 heterocycles. The van der Waals surface area contributed by atoms with Gasteiger partial charge >= 0.3 is 12.2 Å². The molecule has 0 fully saturated rings. The summed E-state index contributed by atoms with van der Waals surface area (Å²) in [5.41, 5.74) is 2.17. The molecule has 0 spiro atoms. The normalized spacial score (nSPS) is 12.3. The van der Waals surface area contributed by atoms with Crippen molar-refractivity contribution in [1.29, 1.82) is 0 Å². The molecule has 190 valence electrons. The summed E-state index contributed by atoms with van der Waals surface area (Å²) in [6, 6.07) is 12.0. The summed E-state index contributed by atoms with van der Waals surface area (Å²) in [6.45, 7) is 16.8. The molecule has 0 saturated carbocycles. The first-order valence-electron chi connectivity index (χ1n) is 12.0. The van der Waals surface area contributed by atoms with E-state index in [-0.39, 0.29) is 0 Å². The fourth-order valence-corrected chi connectivity index (χ4v) is 3.81. The highest BCUT2D eigenvalue weighted by Gasteiger charge is 2.19. The molecule has 8 nitrogen and oxygen atoms in total. The molecule has 2 amide bonds. The van der Waals surface area contributed by atoms with E-state index >= 15 is 0 Å². The van der Waals surface area contributed by atoms with Gasteiger partial charge in [-0.25, -0.2) is 9.59 Å². The van der Waals surface area contributed by atoms with Crippen molar-refractivity contribution in [2.24, 2.45) is 0 Å². The van der Waals surface area contributed by atoms with Crippen LogP contribution in [0.1, 0.15) is 55.4 Å². The molecular formula is C27H38N4O4. The fraction of sp³-hybridized carbons (Fsp3) is 0.481. The average molecular weight is 483 g/mol. The quantitative estimate of drug-likeness (QED) is 0.373. The Morgan fingerprint density at radius 1 is 0.800 bits per heavy atom. The third kappa shape index (κ3) is 7.36. The van der Waals surface area contributed by atoms with Crippen molar-refractivity contribution in [2.75, 3.05) is 17.2 Å². The van der Waals surface area contributed by atoms with Crippen LogP contribution in [0, 0.1) is 0 Å². The van der Waals surface area contributed by atoms with Gasteiger partial charge in [0.1, 0.15) is 11.2 Å². The molecule has 3 N–H and O–H groups in total. The van der Waals surface area contributed by atoms with Gasteiger partial charge in [0.25, 0.3) is 0 Å². The Morgan fingerprint density at radius 3 is 1.60 bits per heavy atom. The Hall–Kier alpha value is -3.26. The zero-order chi connectivity index (χ0) is 26.0. The molecule has 2 aromatic carbocycles. The van der Waals surface area contributed by atoms with E-state index in [9.17, 15) is 9.59 Å². The Labute approximate surface area is 207 Å². The lowest BCUT2D eigenvalue weighted by atomic mass is 10.1. The van der Waals surface area contributed by atoms with Crippen LogP contribution in [0.2, 0.25) is 0 Å². The van der Waals surface area contributed by atoms with Gasteiger partial charge in [0.2, 0.25) is 0 Å². The summed E-state index contributed by atoms with van der Waals surface area (Å²) < 4.78 is 13.0. The van der Waals surface area contributed by atoms with Crippen LogP contribution in [0.15, 0.2) is 36.4 Å². The van der Waals surface area contributed by atoms with Crippen LogP contribution in [0.3, 0.4) is 0 Å². The number of rotatable bonds is 6. The number of fused-ring (bicyclic) bond motifs is 3. The van der Waals surface area contributed by atoms with Gasteiger partial charge in [-0.05, 0) is 77.9 Å². The number of ether oxygens (including phenoxy) is 2. The lowest BCUT2D eigenvalue weighted by Gasteiger charge is -2.19. The minimum absolute atomic E-state index is 0.386. The molecule has 0 aliphatic heterocycles. The van der Waals surface area contributed by atoms with Gasteiger partial charge in [0, 0.05) is 52.3 Å². The predicted molar refractivity (Wildman–Crippen MR) is 142 cm³/mol. The standard InChI is InChI=1S/C27H38N4O4/c1-17(2)28-13-14-31-22-11-9-18(29-24(32)34-26(3,4)5)15-20(22)21-16-19(10-12-23(21)31)30-25(33)35-27(6,7)8/h9-12,15-17,28H,13-14H2,1-8H3,(H,29,32)(H,30,33). The highest BCUT2D eigenvalue weighted by Crippen LogP contribution is 2.33. The Bertz CT molecular complexity index is 1130. The number of aromatic nitrogens is 1. The zero-order valence-electron chi connectivity index (χ0n) is 22.0. The number of amides is 2. The first-order chi connectivity index (χ1) is 16.2. The molecular weight excluding hydrogens is 444 g/mol. The second-order valence-corrected chi connectivity index (χ2v) is 11.0. The van der Waals surface area contributed by atoms with Crippen molar-refractivity contribution in [3.05, 3.63) is 36.4 Å². The lowest BCUT2D eigenvalue weighted by Crippen LogP contribution is -2.27. The lowest BCUT2D eigenvalue weighted by molar-refractivity contribution is 0.0624. The summed E-state index contributed by atoms with van der Waals surface area (Å²) in [7, 11) is 0. The molecule has 1 aromatic heterocycles. The van der Waals surface area contributed by atoms with E-state index in [4.69, 9.17) is 9.47 Å². The summed E-state index contributed by atoms with van der Waals surface area (Å²) in [6.07, 6.45) is -1.01. The van der Waals surface area contributed by atoms with E-state index in [0.717, 1.165) is 34.9 Å². The molecule has 0 saturated heterocycles. The number of carbonyl (C=O) groups excluding carboxylic acids is 2. The van der Waals surface area contributed by atoms with E-state index in [1.54, 1.807) is 0 Å². The first-order valence-corrected chi connectivity index (χ1v) is 12.0. The van der Waals surface area contributed by atoms with E-state index in [1.807, 2.05) is 77.9 Å². The summed E-state index contributed by atoms with van der Waals surface area (Å²) >= 11 is 0. The predicted octanol–water partition coefficient (Wildman–Crippen LogP) is 6.49. The number of carbonyl (C=O) groups is 2. The largest absolute Gasteiger partial charge is 0.444 e. The second kappa shape index (κ2) is 10.2. The van der Waals surface area contributed by atoms with Crippen molar-refractivity contribution in [1.82, 2.24) is 9.88 Å². The maximum Gasteiger partial charge on any atom is 0.412 e. The molecule has 35 heavy (non-hydrogen) atoms. The Balaban J connectivity index is 2.00. The van der Waals surface area contributed by atoms with Crippen LogP contribution in [0.4, 0.5) is 21.0 Å². The Kier molecular flexibility index (Phi) is 7.65. The maximum absolute atomic E-state index is 12.3. The van der Waals surface area contributed by atoms with Crippen LogP contribution in [-0.4, -0.2) is 40.5 Å². The van der Waals surface area contributed by atoms with Crippen LogP contribution in [0.5, 0.6) is 0 Å². The number of hydrogen-bond donors (Lipinski definition) is 3. The third-order valence-corrected chi connectivity index (χ3v) is 5.04. The third-order valence-electron chi connectivity index (χ3n) is 5.04. The summed E-state index contributed by atoms with van der Waals surface area (Å²) in [5.74, 6) is 0. The fourth-order valence-electron chi connectivity index (χ4n) is 3.81. The zero-order valence-corrected chi connectivity index (χ0v) is 22.0. The highest BCUT2D eigenvalue weighted by atomic mass is 16.6. The van der Waals surface area contributed by atoms with Gasteiger partial charge in [-0.2, -0.15) is 0 Å². The van der Waals surface area contributed by atoms with Gasteiger partial charge in [-0.1, -0.05) is 13.8 Å². The smallest absolute Gasteiger partial charge is 0.412 e. The van der Waals surface area contributed by atoms with E-state index in [0.29, 0.717) is 17.4 Å². The Morgan fingerprint density at radius 2 is 1.23 bits per heavy atom. The summed E-state index contributed by atoms with van der Waals surface area (Å²) in [4.78, 5) is 24.6. The SMILES string of the molecule is CC(C)NCCn1c2ccc(NC(=O)OC(C)(C)C)cc2c2cc(NC(=O)OC(C)(C)C)ccc21. The molecule has 0 aliphatic rings. The van der Waals surface area contributed by atoms with Crippen LogP contribution in [-0.2, 0) is 16.0 Å². The molecule has 0 bridgehead atoms. The van der Waals surface area contributed by atoms with Crippen LogP contribution < -0.4 is 16.0 Å². The first kappa shape index (κ1) is 26.3. The average Bonchev–Trinajstić information content (AvgIpc) is 2.97. The van der Waals surface area contributed by atoms with Crippen molar-refractivity contribution < 1.29 is 19.1 Å². The minimum atomic E-state index is -0.587. The van der Waals surface area contributed by atoms with Crippen molar-refractivity contribution in [3.8, 4) is 0 Å². The van der Waals surface area contributed by atoms with Gasteiger partial charge in [0.05, 0.1) is 0 Å². The van der Waals surface area contributed by atoms with Gasteiger partial charge in [-0.3, -0.25) is 10.6 Å². The number of anilines is 2. The van der Waals surface area contributed by atoms with E-state index in [2.05, 4.69) is 34.4 Å². The second-order valence-electron chi connectivity index (χ2n) is 11.0. The highest BCUT2D eigenvalue weighted by molar-refractivity contribution is 6.11.